The predicted octanol–water partition coefficient (Wildman–Crippen LogP) is 2.93. The van der Waals surface area contributed by atoms with Crippen LogP contribution in [-0.2, 0) is 0 Å². The summed E-state index contributed by atoms with van der Waals surface area (Å²) in [6.45, 7) is 3.29. The third kappa shape index (κ3) is 2.57. The quantitative estimate of drug-likeness (QED) is 0.810. The minimum atomic E-state index is 0.536. The summed E-state index contributed by atoms with van der Waals surface area (Å²) in [7, 11) is 0. The molecule has 2 saturated carbocycles. The van der Waals surface area contributed by atoms with Crippen LogP contribution in [0, 0.1) is 5.41 Å². The summed E-state index contributed by atoms with van der Waals surface area (Å²) in [6, 6.07) is 1.86. The van der Waals surface area contributed by atoms with E-state index >= 15 is 0 Å². The fourth-order valence-electron chi connectivity index (χ4n) is 2.60. The molecule has 0 atom stereocenters. The number of rotatable bonds is 6. The van der Waals surface area contributed by atoms with Gasteiger partial charge in [-0.1, -0.05) is 13.3 Å². The maximum atomic E-state index is 5.85. The Kier molecular flexibility index (Phi) is 2.88. The van der Waals surface area contributed by atoms with Gasteiger partial charge in [0.15, 0.2) is 0 Å². The molecule has 3 rings (SSSR count). The molecule has 0 spiro atoms. The van der Waals surface area contributed by atoms with Crippen molar-refractivity contribution >= 4 is 11.6 Å². The molecule has 0 radical (unpaired) electrons. The average molecular weight is 246 g/mol. The van der Waals surface area contributed by atoms with Gasteiger partial charge in [0.25, 0.3) is 0 Å². The first-order valence-corrected chi connectivity index (χ1v) is 7.09. The molecule has 0 saturated heterocycles. The predicted molar refractivity (Wildman–Crippen MR) is 73.5 cm³/mol. The molecule has 1 aromatic rings. The smallest absolute Gasteiger partial charge is 0.136 e. The first-order valence-electron chi connectivity index (χ1n) is 7.09. The zero-order chi connectivity index (χ0) is 12.6. The molecule has 4 heteroatoms. The van der Waals surface area contributed by atoms with Crippen LogP contribution in [0.4, 0.5) is 11.6 Å². The van der Waals surface area contributed by atoms with Crippen molar-refractivity contribution in [1.82, 2.24) is 9.97 Å². The molecule has 98 valence electrons. The van der Waals surface area contributed by atoms with Crippen LogP contribution in [0.2, 0.25) is 0 Å². The molecule has 3 N–H and O–H groups in total. The molecule has 4 nitrogen and oxygen atoms in total. The molecule has 0 amide bonds. The van der Waals surface area contributed by atoms with Crippen molar-refractivity contribution in [3.63, 3.8) is 0 Å². The zero-order valence-electron chi connectivity index (χ0n) is 11.1. The van der Waals surface area contributed by atoms with Gasteiger partial charge in [0, 0.05) is 18.5 Å². The van der Waals surface area contributed by atoms with Crippen molar-refractivity contribution in [2.45, 2.75) is 51.4 Å². The van der Waals surface area contributed by atoms with Crippen molar-refractivity contribution < 1.29 is 0 Å². The zero-order valence-corrected chi connectivity index (χ0v) is 11.1. The van der Waals surface area contributed by atoms with Crippen molar-refractivity contribution in [2.75, 3.05) is 17.6 Å². The summed E-state index contributed by atoms with van der Waals surface area (Å²) >= 11 is 0. The lowest BCUT2D eigenvalue weighted by atomic mass is 10.0. The first-order chi connectivity index (χ1) is 8.71. The Bertz CT molecular complexity index is 435. The Morgan fingerprint density at radius 2 is 2.17 bits per heavy atom. The first kappa shape index (κ1) is 11.8. The molecule has 18 heavy (non-hydrogen) atoms. The number of hydrogen-bond acceptors (Lipinski definition) is 4. The Hall–Kier alpha value is -1.32. The lowest BCUT2D eigenvalue weighted by Gasteiger charge is -2.15. The maximum Gasteiger partial charge on any atom is 0.136 e. The van der Waals surface area contributed by atoms with E-state index in [1.807, 2.05) is 6.07 Å². The van der Waals surface area contributed by atoms with Crippen molar-refractivity contribution in [3.05, 3.63) is 11.9 Å². The third-order valence-electron chi connectivity index (χ3n) is 4.09. The van der Waals surface area contributed by atoms with Crippen LogP contribution in [0.1, 0.15) is 57.2 Å². The minimum absolute atomic E-state index is 0.536. The van der Waals surface area contributed by atoms with Gasteiger partial charge in [-0.05, 0) is 37.5 Å². The van der Waals surface area contributed by atoms with Gasteiger partial charge in [-0.25, -0.2) is 9.97 Å². The van der Waals surface area contributed by atoms with Gasteiger partial charge in [-0.2, -0.15) is 0 Å². The Labute approximate surface area is 108 Å². The van der Waals surface area contributed by atoms with Crippen molar-refractivity contribution in [3.8, 4) is 0 Å². The third-order valence-corrected chi connectivity index (χ3v) is 4.09. The number of nitrogen functional groups attached to an aromatic ring is 1. The monoisotopic (exact) mass is 246 g/mol. The van der Waals surface area contributed by atoms with Crippen LogP contribution in [0.25, 0.3) is 0 Å². The summed E-state index contributed by atoms with van der Waals surface area (Å²) in [5.74, 6) is 2.99. The van der Waals surface area contributed by atoms with Gasteiger partial charge in [0.2, 0.25) is 0 Å². The van der Waals surface area contributed by atoms with Gasteiger partial charge in [-0.3, -0.25) is 0 Å². The fraction of sp³-hybridized carbons (Fsp3) is 0.714. The second-order valence-electron chi connectivity index (χ2n) is 5.91. The van der Waals surface area contributed by atoms with Gasteiger partial charge in [-0.15, -0.1) is 0 Å². The topological polar surface area (TPSA) is 63.8 Å². The van der Waals surface area contributed by atoms with Gasteiger partial charge >= 0.3 is 0 Å². The Balaban J connectivity index is 1.65. The molecule has 2 aliphatic carbocycles. The highest BCUT2D eigenvalue weighted by molar-refractivity contribution is 5.45. The highest BCUT2D eigenvalue weighted by Gasteiger charge is 2.41. The average Bonchev–Trinajstić information content (AvgIpc) is 3.22. The molecule has 1 aromatic heterocycles. The summed E-state index contributed by atoms with van der Waals surface area (Å²) in [5, 5.41) is 3.46. The van der Waals surface area contributed by atoms with E-state index in [0.29, 0.717) is 17.2 Å². The molecule has 0 aromatic carbocycles. The standard InChI is InChI=1S/C14H22N4/c1-2-5-14(6-7-14)9-16-12-8-11(15)17-13(18-12)10-3-4-10/h8,10H,2-7,9H2,1H3,(H3,15,16,17,18). The second-order valence-corrected chi connectivity index (χ2v) is 5.91. The molecule has 2 fully saturated rings. The van der Waals surface area contributed by atoms with E-state index in [0.717, 1.165) is 18.2 Å². The van der Waals surface area contributed by atoms with Gasteiger partial charge in [0.1, 0.15) is 17.5 Å². The number of aromatic nitrogens is 2. The van der Waals surface area contributed by atoms with E-state index in [1.54, 1.807) is 0 Å². The van der Waals surface area contributed by atoms with Crippen LogP contribution >= 0.6 is 0 Å². The second kappa shape index (κ2) is 4.41. The summed E-state index contributed by atoms with van der Waals surface area (Å²) in [5.41, 5.74) is 6.38. The molecule has 1 heterocycles. The van der Waals surface area contributed by atoms with E-state index in [2.05, 4.69) is 22.2 Å². The lowest BCUT2D eigenvalue weighted by molar-refractivity contribution is 0.485. The van der Waals surface area contributed by atoms with Crippen molar-refractivity contribution in [2.24, 2.45) is 5.41 Å². The Morgan fingerprint density at radius 1 is 1.39 bits per heavy atom. The van der Waals surface area contributed by atoms with Crippen LogP contribution in [0.5, 0.6) is 0 Å². The van der Waals surface area contributed by atoms with Crippen LogP contribution in [0.15, 0.2) is 6.07 Å². The van der Waals surface area contributed by atoms with Crippen molar-refractivity contribution in [1.29, 1.82) is 0 Å². The number of hydrogen-bond donors (Lipinski definition) is 2. The van der Waals surface area contributed by atoms with E-state index in [4.69, 9.17) is 5.73 Å². The molecular weight excluding hydrogens is 224 g/mol. The highest BCUT2D eigenvalue weighted by atomic mass is 15.1. The van der Waals surface area contributed by atoms with E-state index < -0.39 is 0 Å². The SMILES string of the molecule is CCCC1(CNc2cc(N)nc(C3CC3)n2)CC1. The normalized spacial score (nSPS) is 20.7. The minimum Gasteiger partial charge on any atom is -0.384 e. The number of nitrogens with one attached hydrogen (secondary N) is 1. The maximum absolute atomic E-state index is 5.85. The van der Waals surface area contributed by atoms with Crippen LogP contribution in [-0.4, -0.2) is 16.5 Å². The molecular formula is C14H22N4. The molecule has 2 aliphatic rings. The number of nitrogens with zero attached hydrogens (tertiary/aromatic N) is 2. The van der Waals surface area contributed by atoms with Crippen LogP contribution in [0.3, 0.4) is 0 Å². The Morgan fingerprint density at radius 3 is 2.78 bits per heavy atom. The lowest BCUT2D eigenvalue weighted by Crippen LogP contribution is -2.16. The molecule has 0 aliphatic heterocycles. The summed E-state index contributed by atoms with van der Waals surface area (Å²) in [6.07, 6.45) is 7.70. The number of anilines is 2. The highest BCUT2D eigenvalue weighted by Crippen LogP contribution is 2.49. The van der Waals surface area contributed by atoms with E-state index in [-0.39, 0.29) is 0 Å². The largest absolute Gasteiger partial charge is 0.384 e. The van der Waals surface area contributed by atoms with E-state index in [1.165, 1.54) is 38.5 Å². The van der Waals surface area contributed by atoms with Gasteiger partial charge in [0.05, 0.1) is 0 Å². The van der Waals surface area contributed by atoms with Crippen LogP contribution < -0.4 is 11.1 Å². The fourth-order valence-corrected chi connectivity index (χ4v) is 2.60. The summed E-state index contributed by atoms with van der Waals surface area (Å²) in [4.78, 5) is 8.90. The van der Waals surface area contributed by atoms with E-state index in [9.17, 15) is 0 Å². The number of nitrogens with two attached hydrogens (primary N) is 1. The molecule has 0 unspecified atom stereocenters. The van der Waals surface area contributed by atoms with Gasteiger partial charge < -0.3 is 11.1 Å². The summed E-state index contributed by atoms with van der Waals surface area (Å²) < 4.78 is 0. The molecule has 0 bridgehead atoms.